The van der Waals surface area contributed by atoms with Crippen LogP contribution in [0, 0.1) is 12.8 Å². The molecular weight excluding hydrogens is 346 g/mol. The molecule has 0 aliphatic heterocycles. The van der Waals surface area contributed by atoms with Crippen LogP contribution >= 0.6 is 0 Å². The number of carbonyl (C=O) groups excluding carboxylic acids is 1. The minimum absolute atomic E-state index is 0.0474. The molecule has 1 N–H and O–H groups in total. The maximum Gasteiger partial charge on any atom is 0.240 e. The summed E-state index contributed by atoms with van der Waals surface area (Å²) in [6, 6.07) is 14.5. The van der Waals surface area contributed by atoms with Gasteiger partial charge < -0.3 is 0 Å². The van der Waals surface area contributed by atoms with Crippen LogP contribution in [0.3, 0.4) is 0 Å². The molecule has 1 aliphatic rings. The van der Waals surface area contributed by atoms with Gasteiger partial charge in [0.1, 0.15) is 0 Å². The highest BCUT2D eigenvalue weighted by atomic mass is 32.2. The molecule has 4 nitrogen and oxygen atoms in total. The van der Waals surface area contributed by atoms with Gasteiger partial charge in [0.25, 0.3) is 0 Å². The summed E-state index contributed by atoms with van der Waals surface area (Å²) in [6.45, 7) is 3.50. The van der Waals surface area contributed by atoms with E-state index in [9.17, 15) is 13.2 Å². The highest BCUT2D eigenvalue weighted by Gasteiger charge is 2.31. The average Bonchev–Trinajstić information content (AvgIpc) is 3.02. The molecule has 138 valence electrons. The topological polar surface area (TPSA) is 63.2 Å². The molecule has 0 bridgehead atoms. The number of rotatable bonds is 6. The molecular formula is C21H25NO3S. The maximum atomic E-state index is 12.7. The third kappa shape index (κ3) is 4.40. The summed E-state index contributed by atoms with van der Waals surface area (Å²) in [5.41, 5.74) is 2.88. The number of Topliss-reactive ketones (excluding diaryl/α,β-unsaturated/α-hetero) is 1. The fraction of sp³-hybridized carbons (Fsp3) is 0.381. The van der Waals surface area contributed by atoms with Crippen LogP contribution in [0.4, 0.5) is 0 Å². The van der Waals surface area contributed by atoms with Crippen molar-refractivity contribution in [2.24, 2.45) is 5.92 Å². The molecule has 1 fully saturated rings. The van der Waals surface area contributed by atoms with E-state index >= 15 is 0 Å². The van der Waals surface area contributed by atoms with E-state index in [4.69, 9.17) is 0 Å². The largest absolute Gasteiger partial charge is 0.295 e. The van der Waals surface area contributed by atoms with E-state index in [1.807, 2.05) is 43.3 Å². The van der Waals surface area contributed by atoms with Crippen LogP contribution in [0.5, 0.6) is 0 Å². The first-order valence-corrected chi connectivity index (χ1v) is 10.5. The summed E-state index contributed by atoms with van der Waals surface area (Å²) in [7, 11) is -3.50. The van der Waals surface area contributed by atoms with E-state index in [2.05, 4.69) is 4.72 Å². The van der Waals surface area contributed by atoms with Gasteiger partial charge in [0.15, 0.2) is 5.78 Å². The second-order valence-electron chi connectivity index (χ2n) is 7.19. The molecule has 0 unspecified atom stereocenters. The summed E-state index contributed by atoms with van der Waals surface area (Å²) in [6.07, 6.45) is 3.72. The molecule has 1 saturated carbocycles. The molecule has 0 spiro atoms. The van der Waals surface area contributed by atoms with Crippen molar-refractivity contribution in [2.45, 2.75) is 50.5 Å². The molecule has 2 aromatic carbocycles. The second-order valence-corrected chi connectivity index (χ2v) is 8.90. The Kier molecular flexibility index (Phi) is 5.58. The summed E-state index contributed by atoms with van der Waals surface area (Å²) >= 11 is 0. The van der Waals surface area contributed by atoms with E-state index in [0.29, 0.717) is 10.5 Å². The molecule has 0 heterocycles. The number of ketones is 1. The number of hydrogen-bond donors (Lipinski definition) is 1. The normalized spacial score (nSPS) is 20.2. The Morgan fingerprint density at radius 2 is 1.69 bits per heavy atom. The SMILES string of the molecule is CC(=O)c1ccc(C[C@@H]2CCC[C@H]2NS(=O)(=O)c2ccc(C)cc2)cc1. The van der Waals surface area contributed by atoms with Crippen molar-refractivity contribution >= 4 is 15.8 Å². The van der Waals surface area contributed by atoms with Gasteiger partial charge in [-0.3, -0.25) is 4.79 Å². The van der Waals surface area contributed by atoms with Gasteiger partial charge in [0.05, 0.1) is 4.90 Å². The monoisotopic (exact) mass is 371 g/mol. The lowest BCUT2D eigenvalue weighted by atomic mass is 9.94. The summed E-state index contributed by atoms with van der Waals surface area (Å²) in [4.78, 5) is 11.7. The maximum absolute atomic E-state index is 12.7. The molecule has 1 aliphatic carbocycles. The highest BCUT2D eigenvalue weighted by molar-refractivity contribution is 7.89. The summed E-state index contributed by atoms with van der Waals surface area (Å²) < 4.78 is 28.2. The Labute approximate surface area is 155 Å². The van der Waals surface area contributed by atoms with Crippen molar-refractivity contribution in [1.29, 1.82) is 0 Å². The Morgan fingerprint density at radius 1 is 1.04 bits per heavy atom. The molecule has 2 aromatic rings. The molecule has 0 amide bonds. The van der Waals surface area contributed by atoms with Crippen molar-refractivity contribution in [3.63, 3.8) is 0 Å². The summed E-state index contributed by atoms with van der Waals surface area (Å²) in [5, 5.41) is 0. The molecule has 0 saturated heterocycles. The Bertz CT molecular complexity index is 870. The van der Waals surface area contributed by atoms with Crippen molar-refractivity contribution in [3.05, 3.63) is 65.2 Å². The fourth-order valence-electron chi connectivity index (χ4n) is 3.60. The van der Waals surface area contributed by atoms with Crippen molar-refractivity contribution in [2.75, 3.05) is 0 Å². The van der Waals surface area contributed by atoms with Gasteiger partial charge in [-0.25, -0.2) is 13.1 Å². The van der Waals surface area contributed by atoms with E-state index < -0.39 is 10.0 Å². The first-order chi connectivity index (χ1) is 12.3. The molecule has 5 heteroatoms. The van der Waals surface area contributed by atoms with Crippen LogP contribution < -0.4 is 4.72 Å². The average molecular weight is 372 g/mol. The van der Waals surface area contributed by atoms with Gasteiger partial charge in [-0.15, -0.1) is 0 Å². The highest BCUT2D eigenvalue weighted by Crippen LogP contribution is 2.30. The van der Waals surface area contributed by atoms with Crippen LogP contribution in [0.15, 0.2) is 53.4 Å². The molecule has 0 aromatic heterocycles. The number of aryl methyl sites for hydroxylation is 1. The number of benzene rings is 2. The zero-order chi connectivity index (χ0) is 18.7. The molecule has 2 atom stereocenters. The lowest BCUT2D eigenvalue weighted by Crippen LogP contribution is -2.38. The first kappa shape index (κ1) is 18.8. The number of nitrogens with one attached hydrogen (secondary N) is 1. The standard InChI is InChI=1S/C21H25NO3S/c1-15-6-12-20(13-7-15)26(24,25)22-21-5-3-4-19(21)14-17-8-10-18(11-9-17)16(2)23/h6-13,19,21-22H,3-5,14H2,1-2H3/t19-,21+/m0/s1. The van der Waals surface area contributed by atoms with Gasteiger partial charge in [-0.05, 0) is 56.7 Å². The Balaban J connectivity index is 1.69. The predicted octanol–water partition coefficient (Wildman–Crippen LogP) is 3.89. The zero-order valence-corrected chi connectivity index (χ0v) is 16.1. The number of hydrogen-bond acceptors (Lipinski definition) is 3. The van der Waals surface area contributed by atoms with Crippen molar-refractivity contribution < 1.29 is 13.2 Å². The van der Waals surface area contributed by atoms with E-state index in [1.54, 1.807) is 19.1 Å². The lowest BCUT2D eigenvalue weighted by molar-refractivity contribution is 0.101. The number of carbonyl (C=O) groups is 1. The van der Waals surface area contributed by atoms with E-state index in [-0.39, 0.29) is 17.7 Å². The fourth-order valence-corrected chi connectivity index (χ4v) is 4.94. The van der Waals surface area contributed by atoms with Gasteiger partial charge >= 0.3 is 0 Å². The third-order valence-corrected chi connectivity index (χ3v) is 6.66. The Hall–Kier alpha value is -1.98. The third-order valence-electron chi connectivity index (χ3n) is 5.16. The number of sulfonamides is 1. The van der Waals surface area contributed by atoms with Gasteiger partial charge in [0, 0.05) is 11.6 Å². The van der Waals surface area contributed by atoms with Crippen molar-refractivity contribution in [3.8, 4) is 0 Å². The minimum atomic E-state index is -3.50. The van der Waals surface area contributed by atoms with Crippen LogP contribution in [-0.2, 0) is 16.4 Å². The van der Waals surface area contributed by atoms with Crippen LogP contribution in [0.1, 0.15) is 47.7 Å². The van der Waals surface area contributed by atoms with E-state index in [1.165, 1.54) is 0 Å². The predicted molar refractivity (Wildman–Crippen MR) is 103 cm³/mol. The molecule has 26 heavy (non-hydrogen) atoms. The van der Waals surface area contributed by atoms with Gasteiger partial charge in [-0.1, -0.05) is 48.4 Å². The van der Waals surface area contributed by atoms with Crippen LogP contribution in [0.25, 0.3) is 0 Å². The van der Waals surface area contributed by atoms with Crippen molar-refractivity contribution in [1.82, 2.24) is 4.72 Å². The van der Waals surface area contributed by atoms with E-state index in [0.717, 1.165) is 36.8 Å². The quantitative estimate of drug-likeness (QED) is 0.784. The second kappa shape index (κ2) is 7.72. The van der Waals surface area contributed by atoms with Crippen LogP contribution in [0.2, 0.25) is 0 Å². The lowest BCUT2D eigenvalue weighted by Gasteiger charge is -2.21. The Morgan fingerprint density at radius 3 is 2.31 bits per heavy atom. The minimum Gasteiger partial charge on any atom is -0.295 e. The molecule has 0 radical (unpaired) electrons. The zero-order valence-electron chi connectivity index (χ0n) is 15.2. The summed E-state index contributed by atoms with van der Waals surface area (Å²) in [5.74, 6) is 0.333. The first-order valence-electron chi connectivity index (χ1n) is 9.04. The van der Waals surface area contributed by atoms with Crippen LogP contribution in [-0.4, -0.2) is 20.2 Å². The smallest absolute Gasteiger partial charge is 0.240 e. The molecule has 3 rings (SSSR count). The van der Waals surface area contributed by atoms with Gasteiger partial charge in [0.2, 0.25) is 10.0 Å². The van der Waals surface area contributed by atoms with Gasteiger partial charge in [-0.2, -0.15) is 0 Å².